The number of halogens is 3. The Hall–Kier alpha value is -1.15. The van der Waals surface area contributed by atoms with Gasteiger partial charge in [-0.15, -0.1) is 0 Å². The molecule has 0 bridgehead atoms. The second kappa shape index (κ2) is 3.78. The molecule has 0 unspecified atom stereocenters. The molecule has 1 heterocycles. The zero-order valence-corrected chi connectivity index (χ0v) is 8.35. The summed E-state index contributed by atoms with van der Waals surface area (Å²) in [5.74, 6) is -1.29. The van der Waals surface area contributed by atoms with Crippen LogP contribution >= 0.6 is 0 Å². The monoisotopic (exact) mass is 240 g/mol. The van der Waals surface area contributed by atoms with E-state index in [9.17, 15) is 21.6 Å². The minimum atomic E-state index is -4.55. The number of alkyl halides is 2. The fraction of sp³-hybridized carbons (Fsp3) is 0.286. The van der Waals surface area contributed by atoms with Crippen LogP contribution in [0.3, 0.4) is 0 Å². The summed E-state index contributed by atoms with van der Waals surface area (Å²) in [7, 11) is -4.55. The lowest BCUT2D eigenvalue weighted by molar-refractivity contribution is 0.141. The highest BCUT2D eigenvalue weighted by Gasteiger charge is 2.27. The second-order valence-electron chi connectivity index (χ2n) is 2.82. The van der Waals surface area contributed by atoms with Crippen molar-refractivity contribution in [2.75, 3.05) is 0 Å². The van der Waals surface area contributed by atoms with Crippen molar-refractivity contribution in [2.24, 2.45) is 5.14 Å². The summed E-state index contributed by atoms with van der Waals surface area (Å²) in [6.45, 7) is 1.20. The largest absolute Gasteiger partial charge is 0.281 e. The molecule has 8 heteroatoms. The Balaban J connectivity index is 3.65. The van der Waals surface area contributed by atoms with Gasteiger partial charge in [-0.3, -0.25) is 4.98 Å². The molecule has 1 aromatic heterocycles. The van der Waals surface area contributed by atoms with Gasteiger partial charge >= 0.3 is 0 Å². The van der Waals surface area contributed by atoms with Crippen molar-refractivity contribution in [1.29, 1.82) is 0 Å². The van der Waals surface area contributed by atoms with Crippen LogP contribution < -0.4 is 5.14 Å². The van der Waals surface area contributed by atoms with E-state index in [1.54, 1.807) is 0 Å². The highest BCUT2D eigenvalue weighted by Crippen LogP contribution is 2.27. The van der Waals surface area contributed by atoms with Crippen LogP contribution in [0, 0.1) is 12.7 Å². The fourth-order valence-corrected chi connectivity index (χ4v) is 1.84. The third-order valence-electron chi connectivity index (χ3n) is 1.67. The molecule has 15 heavy (non-hydrogen) atoms. The molecule has 84 valence electrons. The fourth-order valence-electron chi connectivity index (χ4n) is 0.999. The van der Waals surface area contributed by atoms with E-state index in [0.717, 1.165) is 6.20 Å². The molecule has 4 nitrogen and oxygen atoms in total. The van der Waals surface area contributed by atoms with Crippen molar-refractivity contribution in [3.05, 3.63) is 23.3 Å². The van der Waals surface area contributed by atoms with Crippen molar-refractivity contribution in [2.45, 2.75) is 18.2 Å². The van der Waals surface area contributed by atoms with E-state index in [4.69, 9.17) is 0 Å². The Morgan fingerprint density at radius 1 is 1.47 bits per heavy atom. The Morgan fingerprint density at radius 2 is 2.00 bits per heavy atom. The van der Waals surface area contributed by atoms with E-state index < -0.39 is 32.9 Å². The van der Waals surface area contributed by atoms with Gasteiger partial charge in [0.05, 0.1) is 0 Å². The van der Waals surface area contributed by atoms with E-state index >= 15 is 0 Å². The topological polar surface area (TPSA) is 73.0 Å². The summed E-state index contributed by atoms with van der Waals surface area (Å²) in [5, 5.41) is 4.62. The van der Waals surface area contributed by atoms with Crippen LogP contribution in [0.1, 0.15) is 17.7 Å². The molecule has 0 radical (unpaired) electrons. The summed E-state index contributed by atoms with van der Waals surface area (Å²) >= 11 is 0. The lowest BCUT2D eigenvalue weighted by Crippen LogP contribution is -2.18. The Kier molecular flexibility index (Phi) is 3.00. The lowest BCUT2D eigenvalue weighted by atomic mass is 10.2. The van der Waals surface area contributed by atoms with Crippen molar-refractivity contribution < 1.29 is 21.6 Å². The predicted octanol–water partition coefficient (Wildman–Crippen LogP) is 1.11. The van der Waals surface area contributed by atoms with Gasteiger partial charge in [0.25, 0.3) is 6.43 Å². The zero-order valence-electron chi connectivity index (χ0n) is 7.54. The highest BCUT2D eigenvalue weighted by molar-refractivity contribution is 7.89. The molecule has 0 aliphatic carbocycles. The van der Waals surface area contributed by atoms with Crippen molar-refractivity contribution in [3.8, 4) is 0 Å². The van der Waals surface area contributed by atoms with Gasteiger partial charge in [0.15, 0.2) is 0 Å². The van der Waals surface area contributed by atoms with Gasteiger partial charge in [0.2, 0.25) is 10.0 Å². The van der Waals surface area contributed by atoms with E-state index in [1.165, 1.54) is 6.92 Å². The van der Waals surface area contributed by atoms with Crippen LogP contribution in [-0.2, 0) is 10.0 Å². The number of sulfonamides is 1. The Morgan fingerprint density at radius 3 is 2.40 bits per heavy atom. The van der Waals surface area contributed by atoms with Gasteiger partial charge in [-0.25, -0.2) is 26.7 Å². The molecule has 1 rings (SSSR count). The Bertz CT molecular complexity index is 487. The third-order valence-corrected chi connectivity index (χ3v) is 2.62. The van der Waals surface area contributed by atoms with Gasteiger partial charge in [0, 0.05) is 11.8 Å². The molecule has 0 fully saturated rings. The molecule has 0 aliphatic heterocycles. The van der Waals surface area contributed by atoms with Crippen molar-refractivity contribution in [1.82, 2.24) is 4.98 Å². The molecule has 0 aromatic carbocycles. The number of aryl methyl sites for hydroxylation is 1. The van der Waals surface area contributed by atoms with E-state index in [0.29, 0.717) is 0 Å². The number of hydrogen-bond donors (Lipinski definition) is 1. The highest BCUT2D eigenvalue weighted by atomic mass is 32.2. The number of nitrogens with two attached hydrogens (primary N) is 1. The minimum absolute atomic E-state index is 0.163. The average molecular weight is 240 g/mol. The molecule has 0 saturated heterocycles. The summed E-state index contributed by atoms with van der Waals surface area (Å²) in [4.78, 5) is 1.92. The lowest BCUT2D eigenvalue weighted by Gasteiger charge is -2.08. The molecule has 1 aromatic rings. The summed E-state index contributed by atoms with van der Waals surface area (Å²) in [6, 6.07) is 0. The number of rotatable bonds is 2. The maximum atomic E-state index is 13.3. The van der Waals surface area contributed by atoms with Crippen LogP contribution in [0.25, 0.3) is 0 Å². The number of aromatic nitrogens is 1. The first-order chi connectivity index (χ1) is 6.75. The maximum Gasteiger partial charge on any atom is 0.281 e. The molecule has 0 atom stereocenters. The molecule has 2 N–H and O–H groups in total. The Labute approximate surface area is 84.0 Å². The van der Waals surface area contributed by atoms with Gasteiger partial charge < -0.3 is 0 Å². The van der Waals surface area contributed by atoms with Crippen molar-refractivity contribution in [3.63, 3.8) is 0 Å². The summed E-state index contributed by atoms with van der Waals surface area (Å²) in [5.41, 5.74) is -1.33. The molecule has 0 saturated carbocycles. The first kappa shape index (κ1) is 11.9. The van der Waals surface area contributed by atoms with Gasteiger partial charge in [-0.2, -0.15) is 0 Å². The standard InChI is InChI=1S/C7H7F3N2O2S/c1-3-2-12-5(7(9)10)6(4(3)8)15(11,13)14/h2,7H,1H3,(H2,11,13,14). The number of nitrogens with zero attached hydrogens (tertiary/aromatic N) is 1. The van der Waals surface area contributed by atoms with E-state index in [2.05, 4.69) is 10.1 Å². The number of primary sulfonamides is 1. The molecule has 0 amide bonds. The molecular weight excluding hydrogens is 233 g/mol. The summed E-state index contributed by atoms with van der Waals surface area (Å²) in [6.07, 6.45) is -2.38. The van der Waals surface area contributed by atoms with Crippen LogP contribution in [-0.4, -0.2) is 13.4 Å². The van der Waals surface area contributed by atoms with E-state index in [1.807, 2.05) is 0 Å². The van der Waals surface area contributed by atoms with Crippen LogP contribution in [0.4, 0.5) is 13.2 Å². The van der Waals surface area contributed by atoms with E-state index in [-0.39, 0.29) is 5.56 Å². The number of pyridine rings is 1. The molecule has 0 aliphatic rings. The molecular formula is C7H7F3N2O2S. The van der Waals surface area contributed by atoms with Crippen LogP contribution in [0.15, 0.2) is 11.1 Å². The smallest absolute Gasteiger partial charge is 0.253 e. The minimum Gasteiger partial charge on any atom is -0.253 e. The first-order valence-corrected chi connectivity index (χ1v) is 5.25. The first-order valence-electron chi connectivity index (χ1n) is 3.71. The average Bonchev–Trinajstić information content (AvgIpc) is 2.06. The predicted molar refractivity (Wildman–Crippen MR) is 45.3 cm³/mol. The third kappa shape index (κ3) is 2.26. The van der Waals surface area contributed by atoms with Crippen LogP contribution in [0.2, 0.25) is 0 Å². The van der Waals surface area contributed by atoms with Crippen LogP contribution in [0.5, 0.6) is 0 Å². The van der Waals surface area contributed by atoms with Gasteiger partial charge in [-0.05, 0) is 6.92 Å². The maximum absolute atomic E-state index is 13.3. The number of hydrogen-bond acceptors (Lipinski definition) is 3. The summed E-state index contributed by atoms with van der Waals surface area (Å²) < 4.78 is 59.7. The second-order valence-corrected chi connectivity index (χ2v) is 4.31. The SMILES string of the molecule is Cc1cnc(C(F)F)c(S(N)(=O)=O)c1F. The van der Waals surface area contributed by atoms with Gasteiger partial charge in [-0.1, -0.05) is 0 Å². The van der Waals surface area contributed by atoms with Gasteiger partial charge in [0.1, 0.15) is 16.4 Å². The normalized spacial score (nSPS) is 12.1. The zero-order chi connectivity index (χ0) is 11.8. The van der Waals surface area contributed by atoms with Crippen molar-refractivity contribution >= 4 is 10.0 Å². The molecule has 0 spiro atoms. The quantitative estimate of drug-likeness (QED) is 0.841.